The number of hydrogen-bond acceptors (Lipinski definition) is 2. The molecule has 0 bridgehead atoms. The maximum Gasteiger partial charge on any atom is 0.144 e. The molecule has 0 unspecified atom stereocenters. The minimum atomic E-state index is 0.277. The zero-order chi connectivity index (χ0) is 9.14. The van der Waals surface area contributed by atoms with Crippen LogP contribution in [-0.4, -0.2) is 11.3 Å². The molecule has 2 heteroatoms. The van der Waals surface area contributed by atoms with E-state index < -0.39 is 0 Å². The molecule has 1 aromatic carbocycles. The number of nitrogens with zero attached hydrogens (tertiary/aromatic N) is 1. The lowest BCUT2D eigenvalue weighted by Gasteiger charge is -2.03. The Morgan fingerprint density at radius 2 is 2.00 bits per heavy atom. The minimum Gasteiger partial charge on any atom is -0.505 e. The molecule has 0 amide bonds. The lowest BCUT2D eigenvalue weighted by atomic mass is 10.1. The molecule has 0 heterocycles. The molecule has 0 radical (unpaired) electrons. The Hall–Kier alpha value is -1.31. The Balaban J connectivity index is 3.27. The van der Waals surface area contributed by atoms with Gasteiger partial charge in [0.2, 0.25) is 0 Å². The van der Waals surface area contributed by atoms with Gasteiger partial charge >= 0.3 is 0 Å². The van der Waals surface area contributed by atoms with Gasteiger partial charge in [-0.05, 0) is 38.0 Å². The fourth-order valence-corrected chi connectivity index (χ4v) is 1.18. The number of hydrogen-bond donors (Lipinski definition) is 1. The molecule has 12 heavy (non-hydrogen) atoms. The molecular weight excluding hydrogens is 150 g/mol. The predicted molar refractivity (Wildman–Crippen MR) is 51.4 cm³/mol. The highest BCUT2D eigenvalue weighted by Gasteiger charge is 2.02. The first-order valence-corrected chi connectivity index (χ1v) is 3.94. The predicted octanol–water partition coefficient (Wildman–Crippen LogP) is 2.73. The number of aromatic hydroxyl groups is 1. The van der Waals surface area contributed by atoms with E-state index in [4.69, 9.17) is 0 Å². The van der Waals surface area contributed by atoms with Gasteiger partial charge in [-0.15, -0.1) is 0 Å². The number of phenols is 1. The van der Waals surface area contributed by atoms with Gasteiger partial charge in [0.1, 0.15) is 11.4 Å². The van der Waals surface area contributed by atoms with Gasteiger partial charge in [-0.1, -0.05) is 6.07 Å². The quantitative estimate of drug-likeness (QED) is 0.634. The molecule has 0 aliphatic rings. The lowest BCUT2D eigenvalue weighted by molar-refractivity contribution is 0.472. The van der Waals surface area contributed by atoms with E-state index in [1.807, 2.05) is 32.9 Å². The Morgan fingerprint density at radius 1 is 1.33 bits per heavy atom. The molecule has 1 aromatic rings. The molecule has 1 N–H and O–H groups in total. The molecule has 0 atom stereocenters. The number of aryl methyl sites for hydroxylation is 2. The Labute approximate surface area is 72.6 Å². The van der Waals surface area contributed by atoms with Gasteiger partial charge in [0.25, 0.3) is 0 Å². The van der Waals surface area contributed by atoms with E-state index >= 15 is 0 Å². The second-order valence-electron chi connectivity index (χ2n) is 2.84. The SMILES string of the molecule is CC=Nc1cc(C)cc(C)c1O. The van der Waals surface area contributed by atoms with Crippen LogP contribution >= 0.6 is 0 Å². The number of benzene rings is 1. The summed E-state index contributed by atoms with van der Waals surface area (Å²) < 4.78 is 0. The maximum absolute atomic E-state index is 9.54. The first-order valence-electron chi connectivity index (χ1n) is 3.94. The molecule has 2 nitrogen and oxygen atoms in total. The summed E-state index contributed by atoms with van der Waals surface area (Å²) >= 11 is 0. The van der Waals surface area contributed by atoms with Crippen molar-refractivity contribution in [2.24, 2.45) is 4.99 Å². The molecule has 1 rings (SSSR count). The highest BCUT2D eigenvalue weighted by atomic mass is 16.3. The third-order valence-electron chi connectivity index (χ3n) is 1.69. The summed E-state index contributed by atoms with van der Waals surface area (Å²) in [5, 5.41) is 9.54. The monoisotopic (exact) mass is 163 g/mol. The van der Waals surface area contributed by atoms with Crippen molar-refractivity contribution in [3.63, 3.8) is 0 Å². The van der Waals surface area contributed by atoms with E-state index in [-0.39, 0.29) is 5.75 Å². The first-order chi connectivity index (χ1) is 5.65. The van der Waals surface area contributed by atoms with E-state index in [0.717, 1.165) is 11.1 Å². The fourth-order valence-electron chi connectivity index (χ4n) is 1.18. The Kier molecular flexibility index (Phi) is 2.48. The Morgan fingerprint density at radius 3 is 2.58 bits per heavy atom. The van der Waals surface area contributed by atoms with Crippen LogP contribution in [0, 0.1) is 13.8 Å². The summed E-state index contributed by atoms with van der Waals surface area (Å²) in [6.07, 6.45) is 1.67. The minimum absolute atomic E-state index is 0.277. The summed E-state index contributed by atoms with van der Waals surface area (Å²) in [7, 11) is 0. The summed E-state index contributed by atoms with van der Waals surface area (Å²) in [6, 6.07) is 3.80. The summed E-state index contributed by atoms with van der Waals surface area (Å²) in [5.41, 5.74) is 2.64. The summed E-state index contributed by atoms with van der Waals surface area (Å²) in [6.45, 7) is 5.69. The van der Waals surface area contributed by atoms with Gasteiger partial charge < -0.3 is 5.11 Å². The van der Waals surface area contributed by atoms with Gasteiger partial charge in [-0.25, -0.2) is 0 Å². The van der Waals surface area contributed by atoms with Crippen LogP contribution in [0.3, 0.4) is 0 Å². The van der Waals surface area contributed by atoms with Crippen molar-refractivity contribution in [1.29, 1.82) is 0 Å². The van der Waals surface area contributed by atoms with E-state index in [1.54, 1.807) is 6.21 Å². The van der Waals surface area contributed by atoms with E-state index in [2.05, 4.69) is 4.99 Å². The third kappa shape index (κ3) is 1.64. The molecule has 0 saturated heterocycles. The zero-order valence-electron chi connectivity index (χ0n) is 7.63. The molecular formula is C10H13NO. The van der Waals surface area contributed by atoms with Crippen molar-refractivity contribution in [3.05, 3.63) is 23.3 Å². The highest BCUT2D eigenvalue weighted by molar-refractivity contribution is 5.66. The molecule has 0 aliphatic carbocycles. The van der Waals surface area contributed by atoms with Gasteiger partial charge in [-0.3, -0.25) is 4.99 Å². The second kappa shape index (κ2) is 3.39. The molecule has 0 aromatic heterocycles. The molecule has 0 spiro atoms. The largest absolute Gasteiger partial charge is 0.505 e. The maximum atomic E-state index is 9.54. The summed E-state index contributed by atoms with van der Waals surface area (Å²) in [4.78, 5) is 4.05. The molecule has 0 aliphatic heterocycles. The first kappa shape index (κ1) is 8.78. The van der Waals surface area contributed by atoms with Gasteiger partial charge in [0, 0.05) is 6.21 Å². The summed E-state index contributed by atoms with van der Waals surface area (Å²) in [5.74, 6) is 0.277. The Bertz CT molecular complexity index is 316. The van der Waals surface area contributed by atoms with Crippen molar-refractivity contribution in [1.82, 2.24) is 0 Å². The van der Waals surface area contributed by atoms with Crippen molar-refractivity contribution in [2.45, 2.75) is 20.8 Å². The fraction of sp³-hybridized carbons (Fsp3) is 0.300. The van der Waals surface area contributed by atoms with E-state index in [1.165, 1.54) is 0 Å². The van der Waals surface area contributed by atoms with Gasteiger partial charge in [0.05, 0.1) is 0 Å². The van der Waals surface area contributed by atoms with E-state index in [0.29, 0.717) is 5.69 Å². The topological polar surface area (TPSA) is 32.6 Å². The molecule has 0 saturated carbocycles. The standard InChI is InChI=1S/C10H13NO/c1-4-11-9-6-7(2)5-8(3)10(9)12/h4-6,12H,1-3H3. The van der Waals surface area contributed by atoms with Crippen LogP contribution in [0.4, 0.5) is 5.69 Å². The van der Waals surface area contributed by atoms with Crippen LogP contribution in [0.25, 0.3) is 0 Å². The van der Waals surface area contributed by atoms with Crippen LogP contribution < -0.4 is 0 Å². The lowest BCUT2D eigenvalue weighted by Crippen LogP contribution is -1.79. The number of rotatable bonds is 1. The van der Waals surface area contributed by atoms with Crippen LogP contribution in [0.1, 0.15) is 18.1 Å². The zero-order valence-corrected chi connectivity index (χ0v) is 7.63. The van der Waals surface area contributed by atoms with Crippen molar-refractivity contribution in [2.75, 3.05) is 0 Å². The number of phenolic OH excluding ortho intramolecular Hbond substituents is 1. The van der Waals surface area contributed by atoms with Crippen LogP contribution in [-0.2, 0) is 0 Å². The van der Waals surface area contributed by atoms with Crippen molar-refractivity contribution >= 4 is 11.9 Å². The van der Waals surface area contributed by atoms with Crippen LogP contribution in [0.2, 0.25) is 0 Å². The normalized spacial score (nSPS) is 10.9. The molecule has 0 fully saturated rings. The molecule has 64 valence electrons. The smallest absolute Gasteiger partial charge is 0.144 e. The second-order valence-corrected chi connectivity index (χ2v) is 2.84. The van der Waals surface area contributed by atoms with Gasteiger partial charge in [0.15, 0.2) is 0 Å². The van der Waals surface area contributed by atoms with Crippen molar-refractivity contribution < 1.29 is 5.11 Å². The highest BCUT2D eigenvalue weighted by Crippen LogP contribution is 2.30. The van der Waals surface area contributed by atoms with Crippen LogP contribution in [0.5, 0.6) is 5.75 Å². The average Bonchev–Trinajstić information content (AvgIpc) is 2.00. The van der Waals surface area contributed by atoms with Crippen LogP contribution in [0.15, 0.2) is 17.1 Å². The number of aliphatic imine (C=N–C) groups is 1. The average molecular weight is 163 g/mol. The third-order valence-corrected chi connectivity index (χ3v) is 1.69. The van der Waals surface area contributed by atoms with E-state index in [9.17, 15) is 5.11 Å². The van der Waals surface area contributed by atoms with Gasteiger partial charge in [-0.2, -0.15) is 0 Å². The van der Waals surface area contributed by atoms with Crippen molar-refractivity contribution in [3.8, 4) is 5.75 Å².